The molecule has 168 valence electrons. The van der Waals surface area contributed by atoms with Gasteiger partial charge in [0.15, 0.2) is 0 Å². The van der Waals surface area contributed by atoms with Crippen LogP contribution < -0.4 is 4.74 Å². The maximum Gasteiger partial charge on any atom is 0.290 e. The van der Waals surface area contributed by atoms with Crippen molar-refractivity contribution < 1.29 is 9.53 Å². The fourth-order valence-electron chi connectivity index (χ4n) is 5.00. The van der Waals surface area contributed by atoms with Gasteiger partial charge in [-0.2, -0.15) is 0 Å². The largest absolute Gasteiger partial charge is 0.493 e. The Morgan fingerprint density at radius 1 is 1.21 bits per heavy atom. The Bertz CT molecular complexity index is 1530. The summed E-state index contributed by atoms with van der Waals surface area (Å²) in [5, 5.41) is 4.59. The summed E-state index contributed by atoms with van der Waals surface area (Å²) in [6, 6.07) is 12.1. The highest BCUT2D eigenvalue weighted by molar-refractivity contribution is 8.08. The molecule has 4 aromatic rings. The van der Waals surface area contributed by atoms with Crippen LogP contribution in [0.5, 0.6) is 5.75 Å². The molecule has 2 aliphatic rings. The summed E-state index contributed by atoms with van der Waals surface area (Å²) in [5.74, 6) is 1.20. The van der Waals surface area contributed by atoms with Gasteiger partial charge in [-0.3, -0.25) is 9.78 Å². The molecule has 34 heavy (non-hydrogen) atoms. The quantitative estimate of drug-likeness (QED) is 0.342. The molecule has 0 saturated heterocycles. The Hall–Kier alpha value is -3.58. The number of amides is 1. The second-order valence-electron chi connectivity index (χ2n) is 8.58. The Kier molecular flexibility index (Phi) is 5.14. The molecule has 0 radical (unpaired) electrons. The number of carbonyl (C=O) groups is 1. The first-order valence-corrected chi connectivity index (χ1v) is 12.3. The van der Waals surface area contributed by atoms with Crippen LogP contribution in [0.2, 0.25) is 0 Å². The first-order chi connectivity index (χ1) is 16.6. The number of thioether (sulfide) groups is 1. The van der Waals surface area contributed by atoms with E-state index < -0.39 is 5.91 Å². The maximum atomic E-state index is 12.2. The molecular weight excluding hydrogens is 446 g/mol. The smallest absolute Gasteiger partial charge is 0.290 e. The monoisotopic (exact) mass is 467 g/mol. The molecule has 4 heterocycles. The van der Waals surface area contributed by atoms with Gasteiger partial charge in [0.1, 0.15) is 5.75 Å². The standard InChI is InChI=1S/C27H21N3O3S/c1-15-13-21-17(4-6-20(29-21)23-3-2-12-34-23)26(19(15)14-24(31)30-32)18-5-7-22-25-16(9-11-33-22)8-10-28-27(18)25/h3-8,10,13H,2,9,11-12,14H2,1H3. The first kappa shape index (κ1) is 21.0. The molecule has 0 bridgehead atoms. The van der Waals surface area contributed by atoms with Gasteiger partial charge >= 0.3 is 0 Å². The molecule has 0 saturated carbocycles. The zero-order valence-electron chi connectivity index (χ0n) is 18.6. The molecule has 0 unspecified atom stereocenters. The van der Waals surface area contributed by atoms with Gasteiger partial charge in [0.25, 0.3) is 5.91 Å². The molecular formula is C27H21N3O3S. The Morgan fingerprint density at radius 2 is 2.12 bits per heavy atom. The molecule has 2 aromatic carbocycles. The van der Waals surface area contributed by atoms with E-state index in [1.165, 1.54) is 10.5 Å². The normalized spacial score (nSPS) is 14.8. The second kappa shape index (κ2) is 8.33. The van der Waals surface area contributed by atoms with Gasteiger partial charge in [-0.05, 0) is 72.0 Å². The number of rotatable bonds is 4. The zero-order valence-corrected chi connectivity index (χ0v) is 19.4. The molecule has 2 aliphatic heterocycles. The lowest BCUT2D eigenvalue weighted by atomic mass is 9.87. The van der Waals surface area contributed by atoms with Crippen LogP contribution in [0.1, 0.15) is 28.8 Å². The van der Waals surface area contributed by atoms with Crippen molar-refractivity contribution in [2.75, 3.05) is 12.4 Å². The Morgan fingerprint density at radius 3 is 2.94 bits per heavy atom. The van der Waals surface area contributed by atoms with Crippen LogP contribution in [0.3, 0.4) is 0 Å². The third kappa shape index (κ3) is 3.39. The van der Waals surface area contributed by atoms with Crippen molar-refractivity contribution in [3.63, 3.8) is 0 Å². The van der Waals surface area contributed by atoms with E-state index in [1.807, 2.05) is 55.2 Å². The van der Waals surface area contributed by atoms with E-state index >= 15 is 0 Å². The van der Waals surface area contributed by atoms with E-state index in [1.54, 1.807) is 0 Å². The number of nitroso groups, excluding NO2 is 1. The number of hydrogen-bond donors (Lipinski definition) is 0. The summed E-state index contributed by atoms with van der Waals surface area (Å²) in [7, 11) is 0. The number of ether oxygens (including phenoxy) is 1. The van der Waals surface area contributed by atoms with Crippen LogP contribution in [-0.2, 0) is 17.6 Å². The minimum atomic E-state index is -0.695. The molecule has 1 amide bonds. The van der Waals surface area contributed by atoms with Crippen molar-refractivity contribution in [1.82, 2.24) is 9.97 Å². The molecule has 0 atom stereocenters. The minimum Gasteiger partial charge on any atom is -0.493 e. The average molecular weight is 468 g/mol. The number of aryl methyl sites for hydroxylation is 1. The summed E-state index contributed by atoms with van der Waals surface area (Å²) in [5.41, 5.74) is 7.29. The summed E-state index contributed by atoms with van der Waals surface area (Å²) >= 11 is 1.82. The third-order valence-electron chi connectivity index (χ3n) is 6.55. The van der Waals surface area contributed by atoms with Crippen LogP contribution in [0.4, 0.5) is 0 Å². The number of hydrogen-bond acceptors (Lipinski definition) is 6. The van der Waals surface area contributed by atoms with Crippen LogP contribution in [0.25, 0.3) is 37.8 Å². The topological polar surface area (TPSA) is 81.5 Å². The van der Waals surface area contributed by atoms with Crippen LogP contribution in [0.15, 0.2) is 53.8 Å². The van der Waals surface area contributed by atoms with E-state index in [4.69, 9.17) is 14.7 Å². The number of fused-ring (bicyclic) bond motifs is 1. The van der Waals surface area contributed by atoms with Gasteiger partial charge in [0.2, 0.25) is 0 Å². The number of aromatic nitrogens is 2. The van der Waals surface area contributed by atoms with Crippen LogP contribution in [0, 0.1) is 11.8 Å². The first-order valence-electron chi connectivity index (χ1n) is 11.3. The summed E-state index contributed by atoms with van der Waals surface area (Å²) in [6.45, 7) is 2.60. The van der Waals surface area contributed by atoms with Gasteiger partial charge in [-0.15, -0.1) is 16.7 Å². The van der Waals surface area contributed by atoms with Gasteiger partial charge in [0, 0.05) is 44.8 Å². The third-order valence-corrected chi connectivity index (χ3v) is 7.68. The number of nitrogens with zero attached hydrogens (tertiary/aromatic N) is 3. The minimum absolute atomic E-state index is 0.0667. The highest BCUT2D eigenvalue weighted by atomic mass is 32.2. The van der Waals surface area contributed by atoms with Crippen molar-refractivity contribution in [1.29, 1.82) is 0 Å². The zero-order chi connectivity index (χ0) is 23.2. The van der Waals surface area contributed by atoms with Crippen molar-refractivity contribution in [3.8, 4) is 16.9 Å². The lowest BCUT2D eigenvalue weighted by Crippen LogP contribution is -2.10. The number of pyridine rings is 2. The van der Waals surface area contributed by atoms with Gasteiger partial charge < -0.3 is 4.74 Å². The lowest BCUT2D eigenvalue weighted by molar-refractivity contribution is -0.117. The van der Waals surface area contributed by atoms with Gasteiger partial charge in [-0.1, -0.05) is 6.08 Å². The van der Waals surface area contributed by atoms with Gasteiger partial charge in [-0.25, -0.2) is 4.98 Å². The summed E-state index contributed by atoms with van der Waals surface area (Å²) in [4.78, 5) is 34.1. The average Bonchev–Trinajstić information content (AvgIpc) is 3.40. The van der Waals surface area contributed by atoms with Gasteiger partial charge in [0.05, 0.1) is 29.8 Å². The van der Waals surface area contributed by atoms with E-state index in [2.05, 4.69) is 17.3 Å². The number of benzene rings is 2. The molecule has 2 aromatic heterocycles. The van der Waals surface area contributed by atoms with Crippen molar-refractivity contribution in [2.45, 2.75) is 26.2 Å². The van der Waals surface area contributed by atoms with E-state index in [9.17, 15) is 9.70 Å². The summed E-state index contributed by atoms with van der Waals surface area (Å²) in [6.07, 6.45) is 5.86. The predicted octanol–water partition coefficient (Wildman–Crippen LogP) is 6.01. The van der Waals surface area contributed by atoms with Crippen molar-refractivity contribution >= 4 is 44.4 Å². The summed E-state index contributed by atoms with van der Waals surface area (Å²) < 4.78 is 5.91. The van der Waals surface area contributed by atoms with E-state index in [-0.39, 0.29) is 6.42 Å². The second-order valence-corrected chi connectivity index (χ2v) is 9.72. The van der Waals surface area contributed by atoms with E-state index in [0.717, 1.165) is 74.1 Å². The molecule has 0 fully saturated rings. The molecule has 6 rings (SSSR count). The Balaban J connectivity index is 1.67. The lowest BCUT2D eigenvalue weighted by Gasteiger charge is -2.21. The highest BCUT2D eigenvalue weighted by Gasteiger charge is 2.23. The fraction of sp³-hybridized carbons (Fsp3) is 0.222. The molecule has 0 aliphatic carbocycles. The molecule has 7 heteroatoms. The SMILES string of the molecule is Cc1cc2nc(C3=CCCS3)ccc2c(-c2ccc3c4c(ccnc24)CCO3)c1CC(=O)N=O. The maximum absolute atomic E-state index is 12.2. The predicted molar refractivity (Wildman–Crippen MR) is 136 cm³/mol. The van der Waals surface area contributed by atoms with Crippen LogP contribution in [-0.4, -0.2) is 28.2 Å². The molecule has 0 N–H and O–H groups in total. The van der Waals surface area contributed by atoms with Crippen molar-refractivity contribution in [2.24, 2.45) is 5.18 Å². The molecule has 0 spiro atoms. The number of allylic oxidation sites excluding steroid dienone is 1. The van der Waals surface area contributed by atoms with Crippen LogP contribution >= 0.6 is 11.8 Å². The van der Waals surface area contributed by atoms with E-state index in [0.29, 0.717) is 6.61 Å². The Labute approximate surface area is 200 Å². The fourth-order valence-corrected chi connectivity index (χ4v) is 5.96. The highest BCUT2D eigenvalue weighted by Crippen LogP contribution is 2.43. The molecule has 6 nitrogen and oxygen atoms in total. The van der Waals surface area contributed by atoms with Crippen molar-refractivity contribution in [3.05, 3.63) is 76.0 Å². The number of carbonyl (C=O) groups excluding carboxylic acids is 1.